The molecule has 0 radical (unpaired) electrons. The highest BCUT2D eigenvalue weighted by Gasteiger charge is 2.16. The van der Waals surface area contributed by atoms with Crippen molar-refractivity contribution < 1.29 is 4.74 Å². The molecular weight excluding hydrogens is 262 g/mol. The third-order valence-corrected chi connectivity index (χ3v) is 3.34. The fourth-order valence-corrected chi connectivity index (χ4v) is 2.24. The number of aromatic nitrogens is 3. The Morgan fingerprint density at radius 2 is 1.95 bits per heavy atom. The summed E-state index contributed by atoms with van der Waals surface area (Å²) in [4.78, 5) is 25.8. The van der Waals surface area contributed by atoms with Crippen LogP contribution in [-0.4, -0.2) is 58.1 Å². The maximum Gasteiger partial charge on any atom is 0.346 e. The predicted molar refractivity (Wildman–Crippen MR) is 75.1 cm³/mol. The second-order valence-electron chi connectivity index (χ2n) is 5.08. The van der Waals surface area contributed by atoms with Crippen molar-refractivity contribution in [1.29, 1.82) is 0 Å². The number of morpholine rings is 1. The van der Waals surface area contributed by atoms with Gasteiger partial charge in [0.15, 0.2) is 0 Å². The molecule has 8 heteroatoms. The smallest absolute Gasteiger partial charge is 0.346 e. The van der Waals surface area contributed by atoms with E-state index >= 15 is 0 Å². The maximum atomic E-state index is 12.0. The van der Waals surface area contributed by atoms with Crippen molar-refractivity contribution in [3.8, 4) is 0 Å². The van der Waals surface area contributed by atoms with Crippen LogP contribution in [0.4, 0.5) is 5.82 Å². The molecule has 112 valence electrons. The average molecular weight is 283 g/mol. The summed E-state index contributed by atoms with van der Waals surface area (Å²) in [5, 5.41) is 7.06. The number of hydrogen-bond donors (Lipinski definition) is 1. The zero-order valence-electron chi connectivity index (χ0n) is 12.1. The fraction of sp³-hybridized carbons (Fsp3) is 0.750. The molecule has 1 fully saturated rings. The van der Waals surface area contributed by atoms with Gasteiger partial charge in [-0.25, -0.2) is 9.48 Å². The van der Waals surface area contributed by atoms with Gasteiger partial charge in [-0.3, -0.25) is 14.3 Å². The first-order valence-electron chi connectivity index (χ1n) is 6.70. The SMILES string of the molecule is CC(CN1CCOCC1)Nc1nn(C)c(=O)n(C)c1=O. The van der Waals surface area contributed by atoms with Crippen molar-refractivity contribution in [3.63, 3.8) is 0 Å². The minimum atomic E-state index is -0.429. The van der Waals surface area contributed by atoms with Crippen molar-refractivity contribution in [1.82, 2.24) is 19.2 Å². The highest BCUT2D eigenvalue weighted by Crippen LogP contribution is 2.01. The van der Waals surface area contributed by atoms with E-state index in [0.717, 1.165) is 42.1 Å². The van der Waals surface area contributed by atoms with E-state index in [1.807, 2.05) is 6.92 Å². The topological polar surface area (TPSA) is 81.4 Å². The molecule has 2 rings (SSSR count). The molecule has 20 heavy (non-hydrogen) atoms. The van der Waals surface area contributed by atoms with Crippen molar-refractivity contribution in [3.05, 3.63) is 20.8 Å². The van der Waals surface area contributed by atoms with E-state index < -0.39 is 11.2 Å². The first kappa shape index (κ1) is 14.7. The van der Waals surface area contributed by atoms with Crippen LogP contribution in [0.15, 0.2) is 9.59 Å². The van der Waals surface area contributed by atoms with Gasteiger partial charge >= 0.3 is 5.69 Å². The molecule has 0 aromatic carbocycles. The molecule has 1 unspecified atom stereocenters. The van der Waals surface area contributed by atoms with E-state index in [0.29, 0.717) is 0 Å². The van der Waals surface area contributed by atoms with Gasteiger partial charge in [0.25, 0.3) is 5.56 Å². The normalized spacial score (nSPS) is 17.9. The molecule has 1 aliphatic heterocycles. The minimum Gasteiger partial charge on any atom is -0.379 e. The van der Waals surface area contributed by atoms with E-state index in [9.17, 15) is 9.59 Å². The van der Waals surface area contributed by atoms with Gasteiger partial charge in [-0.2, -0.15) is 0 Å². The molecule has 8 nitrogen and oxygen atoms in total. The van der Waals surface area contributed by atoms with Crippen molar-refractivity contribution in [2.45, 2.75) is 13.0 Å². The van der Waals surface area contributed by atoms with E-state index in [1.165, 1.54) is 14.1 Å². The Balaban J connectivity index is 2.06. The van der Waals surface area contributed by atoms with Crippen molar-refractivity contribution in [2.75, 3.05) is 38.2 Å². The molecule has 0 saturated carbocycles. The third-order valence-electron chi connectivity index (χ3n) is 3.34. The summed E-state index contributed by atoms with van der Waals surface area (Å²) < 4.78 is 7.51. The van der Waals surface area contributed by atoms with E-state index in [1.54, 1.807) is 0 Å². The van der Waals surface area contributed by atoms with Crippen LogP contribution >= 0.6 is 0 Å². The molecule has 0 bridgehead atoms. The molecule has 1 aliphatic rings. The van der Waals surface area contributed by atoms with Gasteiger partial charge in [0.05, 0.1) is 13.2 Å². The predicted octanol–water partition coefficient (Wildman–Crippen LogP) is -1.39. The monoisotopic (exact) mass is 283 g/mol. The minimum absolute atomic E-state index is 0.0609. The summed E-state index contributed by atoms with van der Waals surface area (Å²) in [6.07, 6.45) is 0. The summed E-state index contributed by atoms with van der Waals surface area (Å²) in [5.41, 5.74) is -0.830. The van der Waals surface area contributed by atoms with Crippen LogP contribution in [0.5, 0.6) is 0 Å². The lowest BCUT2D eigenvalue weighted by atomic mass is 10.3. The summed E-state index contributed by atoms with van der Waals surface area (Å²) in [6.45, 7) is 6.06. The first-order valence-corrected chi connectivity index (χ1v) is 6.70. The van der Waals surface area contributed by atoms with E-state index in [-0.39, 0.29) is 11.9 Å². The number of anilines is 1. The highest BCUT2D eigenvalue weighted by molar-refractivity contribution is 5.30. The summed E-state index contributed by atoms with van der Waals surface area (Å²) in [6, 6.07) is 0.0609. The second-order valence-corrected chi connectivity index (χ2v) is 5.08. The summed E-state index contributed by atoms with van der Waals surface area (Å²) in [7, 11) is 2.98. The van der Waals surface area contributed by atoms with Crippen LogP contribution in [0.3, 0.4) is 0 Å². The van der Waals surface area contributed by atoms with E-state index in [2.05, 4.69) is 15.3 Å². The largest absolute Gasteiger partial charge is 0.379 e. The second kappa shape index (κ2) is 6.19. The number of nitrogens with zero attached hydrogens (tertiary/aromatic N) is 4. The number of hydrogen-bond acceptors (Lipinski definition) is 6. The number of aryl methyl sites for hydroxylation is 1. The Labute approximate surface area is 117 Å². The molecular formula is C12H21N5O3. The fourth-order valence-electron chi connectivity index (χ4n) is 2.24. The Hall–Kier alpha value is -1.67. The third kappa shape index (κ3) is 3.26. The van der Waals surface area contributed by atoms with Crippen LogP contribution < -0.4 is 16.6 Å². The van der Waals surface area contributed by atoms with Crippen LogP contribution in [0.2, 0.25) is 0 Å². The van der Waals surface area contributed by atoms with Crippen LogP contribution in [0.25, 0.3) is 0 Å². The van der Waals surface area contributed by atoms with Crippen molar-refractivity contribution >= 4 is 5.82 Å². The van der Waals surface area contributed by atoms with Gasteiger partial charge < -0.3 is 10.1 Å². The van der Waals surface area contributed by atoms with Crippen LogP contribution in [0.1, 0.15) is 6.92 Å². The van der Waals surface area contributed by atoms with Gasteiger partial charge in [0.2, 0.25) is 5.82 Å². The summed E-state index contributed by atoms with van der Waals surface area (Å²) >= 11 is 0. The lowest BCUT2D eigenvalue weighted by Crippen LogP contribution is -2.44. The van der Waals surface area contributed by atoms with Crippen LogP contribution in [-0.2, 0) is 18.8 Å². The van der Waals surface area contributed by atoms with E-state index in [4.69, 9.17) is 4.74 Å². The average Bonchev–Trinajstić information content (AvgIpc) is 2.43. The molecule has 1 N–H and O–H groups in total. The Morgan fingerprint density at radius 3 is 2.60 bits per heavy atom. The Bertz CT molecular complexity index is 573. The van der Waals surface area contributed by atoms with Gasteiger partial charge in [-0.05, 0) is 6.92 Å². The van der Waals surface area contributed by atoms with Crippen molar-refractivity contribution in [2.24, 2.45) is 14.1 Å². The molecule has 1 aromatic rings. The molecule has 1 aromatic heterocycles. The number of nitrogens with one attached hydrogen (secondary N) is 1. The lowest BCUT2D eigenvalue weighted by molar-refractivity contribution is 0.0368. The molecule has 0 spiro atoms. The van der Waals surface area contributed by atoms with Gasteiger partial charge in [-0.15, -0.1) is 5.10 Å². The lowest BCUT2D eigenvalue weighted by Gasteiger charge is -2.29. The highest BCUT2D eigenvalue weighted by atomic mass is 16.5. The zero-order chi connectivity index (χ0) is 14.7. The molecule has 0 amide bonds. The Kier molecular flexibility index (Phi) is 4.56. The maximum absolute atomic E-state index is 12.0. The van der Waals surface area contributed by atoms with Gasteiger partial charge in [-0.1, -0.05) is 0 Å². The van der Waals surface area contributed by atoms with Gasteiger partial charge in [0, 0.05) is 39.8 Å². The molecule has 1 saturated heterocycles. The zero-order valence-corrected chi connectivity index (χ0v) is 12.1. The van der Waals surface area contributed by atoms with Gasteiger partial charge in [0.1, 0.15) is 0 Å². The number of rotatable bonds is 4. The molecule has 2 heterocycles. The summed E-state index contributed by atoms with van der Waals surface area (Å²) in [5.74, 6) is 0.204. The molecule has 1 atom stereocenters. The number of ether oxygens (including phenoxy) is 1. The Morgan fingerprint density at radius 1 is 1.30 bits per heavy atom. The van der Waals surface area contributed by atoms with Crippen LogP contribution in [0, 0.1) is 0 Å². The molecule has 0 aliphatic carbocycles. The first-order chi connectivity index (χ1) is 9.49. The quantitative estimate of drug-likeness (QED) is 0.733. The standard InChI is InChI=1S/C12H21N5O3/c1-9(8-17-4-6-20-7-5-17)13-10-11(18)15(2)12(19)16(3)14-10/h9H,4-8H2,1-3H3,(H,13,14).